The molecule has 28 heavy (non-hydrogen) atoms. The predicted molar refractivity (Wildman–Crippen MR) is 103 cm³/mol. The Hall–Kier alpha value is -3.33. The largest absolute Gasteiger partial charge is 0.496 e. The lowest BCUT2D eigenvalue weighted by molar-refractivity contribution is 0.412. The van der Waals surface area contributed by atoms with Crippen LogP contribution in [0.15, 0.2) is 30.7 Å². The number of nitrogens with one attached hydrogen (secondary N) is 2. The van der Waals surface area contributed by atoms with Crippen LogP contribution in [-0.4, -0.2) is 43.6 Å². The monoisotopic (exact) mass is 381 g/mol. The SMILES string of the molecule is CCNCc1cc(F)c(-c2ncc3[nH]nc(-c4cnn(C)c4)c3n2)c(OC)c1. The summed E-state index contributed by atoms with van der Waals surface area (Å²) in [5, 5.41) is 14.6. The molecule has 3 aromatic heterocycles. The van der Waals surface area contributed by atoms with Crippen molar-refractivity contribution in [2.75, 3.05) is 13.7 Å². The zero-order chi connectivity index (χ0) is 19.7. The van der Waals surface area contributed by atoms with E-state index in [1.165, 1.54) is 13.2 Å². The number of aromatic amines is 1. The molecule has 0 aliphatic heterocycles. The van der Waals surface area contributed by atoms with Gasteiger partial charge in [0.2, 0.25) is 0 Å². The number of aromatic nitrogens is 6. The normalized spacial score (nSPS) is 11.3. The second-order valence-electron chi connectivity index (χ2n) is 6.37. The van der Waals surface area contributed by atoms with Gasteiger partial charge in [-0.3, -0.25) is 9.78 Å². The first-order valence-corrected chi connectivity index (χ1v) is 8.88. The zero-order valence-corrected chi connectivity index (χ0v) is 15.8. The second kappa shape index (κ2) is 7.35. The number of benzene rings is 1. The Morgan fingerprint density at radius 2 is 2.14 bits per heavy atom. The molecule has 0 radical (unpaired) electrons. The van der Waals surface area contributed by atoms with Crippen LogP contribution < -0.4 is 10.1 Å². The zero-order valence-electron chi connectivity index (χ0n) is 15.8. The van der Waals surface area contributed by atoms with E-state index in [1.54, 1.807) is 23.1 Å². The Balaban J connectivity index is 1.83. The summed E-state index contributed by atoms with van der Waals surface area (Å²) in [6.45, 7) is 3.34. The minimum Gasteiger partial charge on any atom is -0.496 e. The smallest absolute Gasteiger partial charge is 0.166 e. The van der Waals surface area contributed by atoms with Gasteiger partial charge in [-0.15, -0.1) is 0 Å². The number of ether oxygens (including phenoxy) is 1. The number of fused-ring (bicyclic) bond motifs is 1. The van der Waals surface area contributed by atoms with Gasteiger partial charge in [-0.05, 0) is 24.2 Å². The Labute approximate surface area is 160 Å². The number of nitrogens with zero attached hydrogens (tertiary/aromatic N) is 5. The van der Waals surface area contributed by atoms with E-state index in [2.05, 4.69) is 30.6 Å². The van der Waals surface area contributed by atoms with Crippen LogP contribution in [0.3, 0.4) is 0 Å². The van der Waals surface area contributed by atoms with Crippen LogP contribution in [0.1, 0.15) is 12.5 Å². The molecule has 4 aromatic rings. The number of halogens is 1. The van der Waals surface area contributed by atoms with Crippen molar-refractivity contribution < 1.29 is 9.13 Å². The maximum Gasteiger partial charge on any atom is 0.166 e. The first-order valence-electron chi connectivity index (χ1n) is 8.88. The van der Waals surface area contributed by atoms with Crippen LogP contribution in [0.4, 0.5) is 4.39 Å². The molecule has 0 aliphatic rings. The Kier molecular flexibility index (Phi) is 4.74. The van der Waals surface area contributed by atoms with E-state index in [-0.39, 0.29) is 11.4 Å². The minimum absolute atomic E-state index is 0.225. The van der Waals surface area contributed by atoms with Crippen molar-refractivity contribution in [2.45, 2.75) is 13.5 Å². The van der Waals surface area contributed by atoms with Crippen molar-refractivity contribution in [2.24, 2.45) is 7.05 Å². The molecule has 0 atom stereocenters. The maximum atomic E-state index is 14.9. The quantitative estimate of drug-likeness (QED) is 0.533. The highest BCUT2D eigenvalue weighted by Gasteiger charge is 2.19. The molecule has 0 aliphatic carbocycles. The van der Waals surface area contributed by atoms with Crippen molar-refractivity contribution in [3.63, 3.8) is 0 Å². The van der Waals surface area contributed by atoms with Gasteiger partial charge in [-0.1, -0.05) is 6.92 Å². The summed E-state index contributed by atoms with van der Waals surface area (Å²) in [5.41, 5.74) is 3.71. The van der Waals surface area contributed by atoms with Crippen molar-refractivity contribution in [3.8, 4) is 28.4 Å². The highest BCUT2D eigenvalue weighted by Crippen LogP contribution is 2.33. The molecule has 0 spiro atoms. The molecule has 0 fully saturated rings. The van der Waals surface area contributed by atoms with Crippen LogP contribution in [0.5, 0.6) is 5.75 Å². The van der Waals surface area contributed by atoms with Gasteiger partial charge in [0.1, 0.15) is 28.3 Å². The number of rotatable bonds is 6. The van der Waals surface area contributed by atoms with Crippen LogP contribution in [0, 0.1) is 5.82 Å². The summed E-state index contributed by atoms with van der Waals surface area (Å²) in [7, 11) is 3.33. The number of hydrogen-bond acceptors (Lipinski definition) is 6. The first-order chi connectivity index (χ1) is 13.6. The van der Waals surface area contributed by atoms with Crippen molar-refractivity contribution in [1.29, 1.82) is 0 Å². The Morgan fingerprint density at radius 3 is 2.86 bits per heavy atom. The number of aryl methyl sites for hydroxylation is 1. The molecule has 4 rings (SSSR count). The van der Waals surface area contributed by atoms with Gasteiger partial charge in [0, 0.05) is 25.4 Å². The summed E-state index contributed by atoms with van der Waals surface area (Å²) >= 11 is 0. The lowest BCUT2D eigenvalue weighted by atomic mass is 10.1. The molecule has 0 saturated carbocycles. The third-order valence-corrected chi connectivity index (χ3v) is 4.42. The standard InChI is InChI=1S/C19H20FN7O/c1-4-21-7-11-5-13(20)16(15(6-11)28-3)19-22-9-14-18(24-19)17(26-25-14)12-8-23-27(2)10-12/h5-6,8-10,21H,4,7H2,1-3H3,(H,25,26). The topological polar surface area (TPSA) is 93.5 Å². The summed E-state index contributed by atoms with van der Waals surface area (Å²) in [4.78, 5) is 8.89. The molecule has 0 saturated heterocycles. The van der Waals surface area contributed by atoms with Crippen LogP contribution in [0.2, 0.25) is 0 Å². The average Bonchev–Trinajstić information content (AvgIpc) is 3.31. The average molecular weight is 381 g/mol. The molecule has 9 heteroatoms. The molecule has 2 N–H and O–H groups in total. The Morgan fingerprint density at radius 1 is 1.29 bits per heavy atom. The van der Waals surface area contributed by atoms with E-state index in [9.17, 15) is 4.39 Å². The summed E-state index contributed by atoms with van der Waals surface area (Å²) in [6, 6.07) is 3.28. The fourth-order valence-corrected chi connectivity index (χ4v) is 3.06. The van der Waals surface area contributed by atoms with E-state index < -0.39 is 5.82 Å². The second-order valence-corrected chi connectivity index (χ2v) is 6.37. The van der Waals surface area contributed by atoms with Gasteiger partial charge in [0.15, 0.2) is 5.82 Å². The third kappa shape index (κ3) is 3.20. The fourth-order valence-electron chi connectivity index (χ4n) is 3.06. The van der Waals surface area contributed by atoms with E-state index >= 15 is 0 Å². The molecular formula is C19H20FN7O. The Bertz CT molecular complexity index is 1130. The highest BCUT2D eigenvalue weighted by atomic mass is 19.1. The number of methoxy groups -OCH3 is 1. The molecule has 8 nitrogen and oxygen atoms in total. The minimum atomic E-state index is -0.432. The van der Waals surface area contributed by atoms with E-state index in [0.717, 1.165) is 17.7 Å². The van der Waals surface area contributed by atoms with E-state index in [4.69, 9.17) is 4.74 Å². The first kappa shape index (κ1) is 18.1. The van der Waals surface area contributed by atoms with Gasteiger partial charge >= 0.3 is 0 Å². The molecule has 144 valence electrons. The molecular weight excluding hydrogens is 361 g/mol. The van der Waals surface area contributed by atoms with Gasteiger partial charge in [-0.25, -0.2) is 14.4 Å². The van der Waals surface area contributed by atoms with Gasteiger partial charge in [0.25, 0.3) is 0 Å². The fraction of sp³-hybridized carbons (Fsp3) is 0.263. The van der Waals surface area contributed by atoms with Gasteiger partial charge in [0.05, 0.1) is 25.1 Å². The lowest BCUT2D eigenvalue weighted by Crippen LogP contribution is -2.12. The molecule has 0 amide bonds. The molecule has 0 bridgehead atoms. The maximum absolute atomic E-state index is 14.9. The summed E-state index contributed by atoms with van der Waals surface area (Å²) < 4.78 is 22.1. The summed E-state index contributed by atoms with van der Waals surface area (Å²) in [6.07, 6.45) is 5.14. The number of hydrogen-bond donors (Lipinski definition) is 2. The predicted octanol–water partition coefficient (Wildman–Crippen LogP) is 2.68. The lowest BCUT2D eigenvalue weighted by Gasteiger charge is -2.12. The molecule has 3 heterocycles. The van der Waals surface area contributed by atoms with Crippen molar-refractivity contribution in [1.82, 2.24) is 35.3 Å². The van der Waals surface area contributed by atoms with Crippen molar-refractivity contribution in [3.05, 3.63) is 42.1 Å². The molecule has 0 unspecified atom stereocenters. The van der Waals surface area contributed by atoms with Crippen LogP contribution in [0.25, 0.3) is 33.7 Å². The van der Waals surface area contributed by atoms with Crippen LogP contribution in [-0.2, 0) is 13.6 Å². The summed E-state index contributed by atoms with van der Waals surface area (Å²) in [5.74, 6) is 0.195. The highest BCUT2D eigenvalue weighted by molar-refractivity contribution is 5.90. The van der Waals surface area contributed by atoms with Crippen molar-refractivity contribution >= 4 is 11.0 Å². The van der Waals surface area contributed by atoms with Crippen LogP contribution >= 0.6 is 0 Å². The van der Waals surface area contributed by atoms with E-state index in [0.29, 0.717) is 29.0 Å². The van der Waals surface area contributed by atoms with Gasteiger partial charge in [-0.2, -0.15) is 10.2 Å². The van der Waals surface area contributed by atoms with E-state index in [1.807, 2.05) is 20.2 Å². The number of H-pyrrole nitrogens is 1. The molecule has 1 aromatic carbocycles. The third-order valence-electron chi connectivity index (χ3n) is 4.42. The van der Waals surface area contributed by atoms with Gasteiger partial charge < -0.3 is 10.1 Å².